The van der Waals surface area contributed by atoms with Crippen molar-refractivity contribution in [1.82, 2.24) is 0 Å². The molecule has 2 aromatic carbocycles. The van der Waals surface area contributed by atoms with Gasteiger partial charge in [0.15, 0.2) is 0 Å². The summed E-state index contributed by atoms with van der Waals surface area (Å²) in [6, 6.07) is 11.1. The number of thioether (sulfide) groups is 2. The van der Waals surface area contributed by atoms with Gasteiger partial charge in [-0.15, -0.1) is 0 Å². The summed E-state index contributed by atoms with van der Waals surface area (Å²) >= 11 is 21.2. The number of anilines is 1. The van der Waals surface area contributed by atoms with Gasteiger partial charge >= 0.3 is 0 Å². The van der Waals surface area contributed by atoms with E-state index in [0.717, 1.165) is 15.8 Å². The van der Waals surface area contributed by atoms with Crippen molar-refractivity contribution < 1.29 is 4.79 Å². The van der Waals surface area contributed by atoms with E-state index < -0.39 is 0 Å². The van der Waals surface area contributed by atoms with E-state index in [2.05, 4.69) is 16.4 Å². The van der Waals surface area contributed by atoms with Gasteiger partial charge in [-0.3, -0.25) is 4.79 Å². The zero-order chi connectivity index (χ0) is 18.0. The minimum atomic E-state index is -0.348. The second-order valence-electron chi connectivity index (χ2n) is 5.29. The van der Waals surface area contributed by atoms with Crippen LogP contribution in [-0.4, -0.2) is 15.5 Å². The van der Waals surface area contributed by atoms with Crippen LogP contribution in [0.15, 0.2) is 41.4 Å². The van der Waals surface area contributed by atoms with Gasteiger partial charge in [0.25, 0.3) is 0 Å². The van der Waals surface area contributed by atoms with Crippen LogP contribution in [0.4, 0.5) is 11.4 Å². The standard InChI is InChI=1S/C17H13Cl3N2OS2/c1-9(16(23)22-15-12(19)6-11(18)7-13(15)20)25-17-21-14-5-3-2-4-10(14)8-24-17/h2-7,9H,8H2,1H3,(H,22,23). The minimum Gasteiger partial charge on any atom is -0.323 e. The number of para-hydroxylation sites is 1. The van der Waals surface area contributed by atoms with Crippen molar-refractivity contribution in [3.05, 3.63) is 57.0 Å². The van der Waals surface area contributed by atoms with Gasteiger partial charge in [0.05, 0.1) is 26.7 Å². The quantitative estimate of drug-likeness (QED) is 0.592. The number of benzene rings is 2. The van der Waals surface area contributed by atoms with Gasteiger partial charge in [-0.2, -0.15) is 0 Å². The highest BCUT2D eigenvalue weighted by Gasteiger charge is 2.21. The number of hydrogen-bond acceptors (Lipinski definition) is 4. The molecule has 2 aromatic rings. The van der Waals surface area contributed by atoms with Crippen LogP contribution >= 0.6 is 58.3 Å². The first kappa shape index (κ1) is 18.9. The minimum absolute atomic E-state index is 0.196. The fourth-order valence-electron chi connectivity index (χ4n) is 2.16. The van der Waals surface area contributed by atoms with Gasteiger partial charge in [-0.1, -0.05) is 76.5 Å². The number of hydrogen-bond donors (Lipinski definition) is 1. The summed E-state index contributed by atoms with van der Waals surface area (Å²) in [5.74, 6) is 0.656. The molecule has 0 aliphatic carbocycles. The number of nitrogens with one attached hydrogen (secondary N) is 1. The van der Waals surface area contributed by atoms with Crippen LogP contribution in [-0.2, 0) is 10.5 Å². The summed E-state index contributed by atoms with van der Waals surface area (Å²) in [6.07, 6.45) is 0. The van der Waals surface area contributed by atoms with Gasteiger partial charge in [-0.25, -0.2) is 4.99 Å². The van der Waals surface area contributed by atoms with Crippen LogP contribution < -0.4 is 5.32 Å². The molecule has 0 spiro atoms. The Labute approximate surface area is 169 Å². The Morgan fingerprint density at radius 3 is 2.64 bits per heavy atom. The maximum Gasteiger partial charge on any atom is 0.237 e. The highest BCUT2D eigenvalue weighted by molar-refractivity contribution is 8.39. The van der Waals surface area contributed by atoms with Gasteiger partial charge in [-0.05, 0) is 30.7 Å². The highest BCUT2D eigenvalue weighted by atomic mass is 35.5. The first-order valence-electron chi connectivity index (χ1n) is 7.35. The van der Waals surface area contributed by atoms with E-state index in [9.17, 15) is 4.79 Å². The Morgan fingerprint density at radius 1 is 1.24 bits per heavy atom. The smallest absolute Gasteiger partial charge is 0.237 e. The van der Waals surface area contributed by atoms with Crippen molar-refractivity contribution in [2.75, 3.05) is 5.32 Å². The molecule has 8 heteroatoms. The lowest BCUT2D eigenvalue weighted by Gasteiger charge is -2.18. The lowest BCUT2D eigenvalue weighted by Crippen LogP contribution is -2.24. The fraction of sp³-hybridized carbons (Fsp3) is 0.176. The Balaban J connectivity index is 1.69. The summed E-state index contributed by atoms with van der Waals surface area (Å²) in [5, 5.41) is 3.45. The number of aliphatic imine (C=N–C) groups is 1. The number of carbonyl (C=O) groups is 1. The molecule has 0 aromatic heterocycles. The van der Waals surface area contributed by atoms with E-state index in [-0.39, 0.29) is 11.2 Å². The Bertz CT molecular complexity index is 835. The summed E-state index contributed by atoms with van der Waals surface area (Å²) in [6.45, 7) is 1.82. The second-order valence-corrected chi connectivity index (χ2v) is 9.09. The van der Waals surface area contributed by atoms with Crippen molar-refractivity contribution in [3.63, 3.8) is 0 Å². The zero-order valence-corrected chi connectivity index (χ0v) is 17.0. The van der Waals surface area contributed by atoms with E-state index in [4.69, 9.17) is 34.8 Å². The fourth-order valence-corrected chi connectivity index (χ4v) is 5.26. The SMILES string of the molecule is CC(SC1=Nc2ccccc2CS1)C(=O)Nc1c(Cl)cc(Cl)cc1Cl. The third-order valence-electron chi connectivity index (χ3n) is 3.46. The molecule has 1 aliphatic heterocycles. The van der Waals surface area contributed by atoms with Crippen LogP contribution in [0.5, 0.6) is 0 Å². The predicted octanol–water partition coefficient (Wildman–Crippen LogP) is 6.64. The molecule has 0 bridgehead atoms. The van der Waals surface area contributed by atoms with Crippen LogP contribution in [0.2, 0.25) is 15.1 Å². The molecule has 1 amide bonds. The summed E-state index contributed by atoms with van der Waals surface area (Å²) in [7, 11) is 0. The van der Waals surface area contributed by atoms with Gasteiger partial charge < -0.3 is 5.32 Å². The average molecular weight is 432 g/mol. The molecular weight excluding hydrogens is 419 g/mol. The van der Waals surface area contributed by atoms with Crippen molar-refractivity contribution in [1.29, 1.82) is 0 Å². The molecule has 1 heterocycles. The monoisotopic (exact) mass is 430 g/mol. The van der Waals surface area contributed by atoms with E-state index in [1.807, 2.05) is 25.1 Å². The van der Waals surface area contributed by atoms with E-state index in [0.29, 0.717) is 20.8 Å². The van der Waals surface area contributed by atoms with E-state index in [1.54, 1.807) is 23.9 Å². The molecule has 0 fully saturated rings. The molecule has 1 atom stereocenters. The van der Waals surface area contributed by atoms with Gasteiger partial charge in [0.2, 0.25) is 5.91 Å². The maximum absolute atomic E-state index is 12.5. The van der Waals surface area contributed by atoms with Crippen LogP contribution in [0, 0.1) is 0 Å². The molecular formula is C17H13Cl3N2OS2. The molecule has 0 saturated carbocycles. The zero-order valence-electron chi connectivity index (χ0n) is 13.1. The molecule has 25 heavy (non-hydrogen) atoms. The molecule has 1 unspecified atom stereocenters. The summed E-state index contributed by atoms with van der Waals surface area (Å²) in [5.41, 5.74) is 2.53. The highest BCUT2D eigenvalue weighted by Crippen LogP contribution is 2.37. The Morgan fingerprint density at radius 2 is 1.92 bits per heavy atom. The van der Waals surface area contributed by atoms with Gasteiger partial charge in [0, 0.05) is 10.8 Å². The largest absolute Gasteiger partial charge is 0.323 e. The molecule has 3 rings (SSSR count). The lowest BCUT2D eigenvalue weighted by atomic mass is 10.2. The number of nitrogens with zero attached hydrogens (tertiary/aromatic N) is 1. The number of halogens is 3. The third kappa shape index (κ3) is 4.66. The van der Waals surface area contributed by atoms with E-state index >= 15 is 0 Å². The molecule has 1 aliphatic rings. The lowest BCUT2D eigenvalue weighted by molar-refractivity contribution is -0.115. The number of fused-ring (bicyclic) bond motifs is 1. The molecule has 0 radical (unpaired) electrons. The summed E-state index contributed by atoms with van der Waals surface area (Å²) in [4.78, 5) is 17.1. The normalized spacial score (nSPS) is 14.5. The molecule has 130 valence electrons. The second kappa shape index (κ2) is 8.23. The van der Waals surface area contributed by atoms with Crippen molar-refractivity contribution >= 4 is 80.0 Å². The first-order chi connectivity index (χ1) is 11.9. The van der Waals surface area contributed by atoms with Crippen LogP contribution in [0.25, 0.3) is 0 Å². The molecule has 1 N–H and O–H groups in total. The number of carbonyl (C=O) groups excluding carboxylic acids is 1. The first-order valence-corrected chi connectivity index (χ1v) is 10.4. The molecule has 0 saturated heterocycles. The van der Waals surface area contributed by atoms with Crippen LogP contribution in [0.1, 0.15) is 12.5 Å². The average Bonchev–Trinajstić information content (AvgIpc) is 2.57. The third-order valence-corrected chi connectivity index (χ3v) is 6.57. The Hall–Kier alpha value is -0.850. The molecule has 3 nitrogen and oxygen atoms in total. The van der Waals surface area contributed by atoms with Gasteiger partial charge in [0.1, 0.15) is 4.38 Å². The topological polar surface area (TPSA) is 41.5 Å². The van der Waals surface area contributed by atoms with Crippen molar-refractivity contribution in [2.24, 2.45) is 4.99 Å². The van der Waals surface area contributed by atoms with Crippen molar-refractivity contribution in [3.8, 4) is 0 Å². The van der Waals surface area contributed by atoms with Crippen molar-refractivity contribution in [2.45, 2.75) is 17.9 Å². The summed E-state index contributed by atoms with van der Waals surface area (Å²) < 4.78 is 0.870. The Kier molecular flexibility index (Phi) is 6.23. The van der Waals surface area contributed by atoms with Crippen LogP contribution in [0.3, 0.4) is 0 Å². The number of amides is 1. The number of rotatable bonds is 3. The van der Waals surface area contributed by atoms with E-state index in [1.165, 1.54) is 17.3 Å². The maximum atomic E-state index is 12.5. The predicted molar refractivity (Wildman–Crippen MR) is 112 cm³/mol.